The van der Waals surface area contributed by atoms with E-state index in [1.165, 1.54) is 58.2 Å². The van der Waals surface area contributed by atoms with Crippen molar-refractivity contribution in [3.63, 3.8) is 0 Å². The molecule has 1 saturated carbocycles. The van der Waals surface area contributed by atoms with Crippen LogP contribution in [0.4, 0.5) is 0 Å². The maximum absolute atomic E-state index is 3.84. The molecular formula is C15H30N2. The Bertz CT molecular complexity index is 237. The van der Waals surface area contributed by atoms with Crippen molar-refractivity contribution in [1.29, 1.82) is 0 Å². The van der Waals surface area contributed by atoms with E-state index in [1.807, 2.05) is 0 Å². The summed E-state index contributed by atoms with van der Waals surface area (Å²) in [4.78, 5) is 2.49. The fourth-order valence-corrected chi connectivity index (χ4v) is 3.65. The first-order chi connectivity index (χ1) is 8.05. The fourth-order valence-electron chi connectivity index (χ4n) is 3.65. The Morgan fingerprint density at radius 1 is 1.24 bits per heavy atom. The average molecular weight is 238 g/mol. The van der Waals surface area contributed by atoms with Crippen molar-refractivity contribution in [2.75, 3.05) is 26.7 Å². The van der Waals surface area contributed by atoms with Crippen LogP contribution in [0.5, 0.6) is 0 Å². The second kappa shape index (κ2) is 5.71. The largest absolute Gasteiger partial charge is 0.314 e. The van der Waals surface area contributed by atoms with Crippen LogP contribution in [0.1, 0.15) is 52.4 Å². The SMILES string of the molecule is CN1CCCC(CNC2CCCC(C)(C)C2)C1. The zero-order chi connectivity index (χ0) is 12.3. The lowest BCUT2D eigenvalue weighted by atomic mass is 9.75. The Labute approximate surface area is 107 Å². The van der Waals surface area contributed by atoms with Gasteiger partial charge in [-0.3, -0.25) is 0 Å². The van der Waals surface area contributed by atoms with Crippen molar-refractivity contribution in [2.24, 2.45) is 11.3 Å². The monoisotopic (exact) mass is 238 g/mol. The minimum absolute atomic E-state index is 0.569. The number of likely N-dealkylation sites (tertiary alicyclic amines) is 1. The van der Waals surface area contributed by atoms with Gasteiger partial charge in [0.15, 0.2) is 0 Å². The molecule has 2 unspecified atom stereocenters. The van der Waals surface area contributed by atoms with Crippen LogP contribution in [0, 0.1) is 11.3 Å². The molecule has 0 aromatic rings. The second-order valence-corrected chi connectivity index (χ2v) is 7.14. The molecule has 0 amide bonds. The van der Waals surface area contributed by atoms with Crippen molar-refractivity contribution in [1.82, 2.24) is 10.2 Å². The van der Waals surface area contributed by atoms with Crippen molar-refractivity contribution in [2.45, 2.75) is 58.4 Å². The smallest absolute Gasteiger partial charge is 0.00722 e. The lowest BCUT2D eigenvalue weighted by molar-refractivity contribution is 0.172. The standard InChI is InChI=1S/C15H30N2/c1-15(2)8-4-7-14(10-15)16-11-13-6-5-9-17(3)12-13/h13-14,16H,4-12H2,1-3H3. The zero-order valence-corrected chi connectivity index (χ0v) is 12.0. The minimum Gasteiger partial charge on any atom is -0.314 e. The van der Waals surface area contributed by atoms with Gasteiger partial charge in [-0.2, -0.15) is 0 Å². The molecule has 17 heavy (non-hydrogen) atoms. The molecule has 1 saturated heterocycles. The highest BCUT2D eigenvalue weighted by molar-refractivity contribution is 4.84. The summed E-state index contributed by atoms with van der Waals surface area (Å²) in [7, 11) is 2.26. The summed E-state index contributed by atoms with van der Waals surface area (Å²) in [5, 5.41) is 3.84. The van der Waals surface area contributed by atoms with Gasteiger partial charge in [0.2, 0.25) is 0 Å². The normalized spacial score (nSPS) is 34.8. The van der Waals surface area contributed by atoms with Crippen LogP contribution >= 0.6 is 0 Å². The molecule has 100 valence electrons. The molecule has 2 nitrogen and oxygen atoms in total. The van der Waals surface area contributed by atoms with Crippen LogP contribution in [-0.2, 0) is 0 Å². The first-order valence-electron chi connectivity index (χ1n) is 7.47. The van der Waals surface area contributed by atoms with E-state index >= 15 is 0 Å². The van der Waals surface area contributed by atoms with Gasteiger partial charge in [0.25, 0.3) is 0 Å². The summed E-state index contributed by atoms with van der Waals surface area (Å²) in [5.41, 5.74) is 0.569. The van der Waals surface area contributed by atoms with E-state index in [-0.39, 0.29) is 0 Å². The summed E-state index contributed by atoms with van der Waals surface area (Å²) in [6.45, 7) is 8.69. The van der Waals surface area contributed by atoms with Crippen LogP contribution in [-0.4, -0.2) is 37.6 Å². The number of hydrogen-bond acceptors (Lipinski definition) is 2. The summed E-state index contributed by atoms with van der Waals surface area (Å²) >= 11 is 0. The van der Waals surface area contributed by atoms with Crippen molar-refractivity contribution in [3.05, 3.63) is 0 Å². The first-order valence-corrected chi connectivity index (χ1v) is 7.47. The predicted octanol–water partition coefficient (Wildman–Crippen LogP) is 2.89. The molecule has 2 rings (SSSR count). The predicted molar refractivity (Wildman–Crippen MR) is 74.3 cm³/mol. The lowest BCUT2D eigenvalue weighted by Gasteiger charge is -2.37. The molecule has 1 aliphatic heterocycles. The number of nitrogens with one attached hydrogen (secondary N) is 1. The highest BCUT2D eigenvalue weighted by Crippen LogP contribution is 2.35. The Morgan fingerprint density at radius 3 is 2.76 bits per heavy atom. The highest BCUT2D eigenvalue weighted by Gasteiger charge is 2.28. The van der Waals surface area contributed by atoms with Gasteiger partial charge in [0.1, 0.15) is 0 Å². The van der Waals surface area contributed by atoms with E-state index < -0.39 is 0 Å². The molecule has 1 heterocycles. The Morgan fingerprint density at radius 2 is 2.06 bits per heavy atom. The summed E-state index contributed by atoms with van der Waals surface area (Å²) in [6.07, 6.45) is 8.40. The second-order valence-electron chi connectivity index (χ2n) is 7.14. The summed E-state index contributed by atoms with van der Waals surface area (Å²) in [6, 6.07) is 0.783. The van der Waals surface area contributed by atoms with Crippen LogP contribution in [0.3, 0.4) is 0 Å². The van der Waals surface area contributed by atoms with Gasteiger partial charge in [0.05, 0.1) is 0 Å². The third kappa shape index (κ3) is 4.26. The van der Waals surface area contributed by atoms with Crippen LogP contribution in [0.25, 0.3) is 0 Å². The lowest BCUT2D eigenvalue weighted by Crippen LogP contribution is -2.43. The van der Waals surface area contributed by atoms with Crippen LogP contribution < -0.4 is 5.32 Å². The van der Waals surface area contributed by atoms with E-state index in [0.717, 1.165) is 12.0 Å². The molecule has 2 fully saturated rings. The van der Waals surface area contributed by atoms with Crippen molar-refractivity contribution >= 4 is 0 Å². The topological polar surface area (TPSA) is 15.3 Å². The average Bonchev–Trinajstić information content (AvgIpc) is 2.25. The fraction of sp³-hybridized carbons (Fsp3) is 1.00. The molecule has 0 bridgehead atoms. The molecule has 1 aliphatic carbocycles. The molecule has 2 heteroatoms. The Hall–Kier alpha value is -0.0800. The van der Waals surface area contributed by atoms with Crippen LogP contribution in [0.2, 0.25) is 0 Å². The molecule has 1 N–H and O–H groups in total. The third-order valence-electron chi connectivity index (χ3n) is 4.62. The summed E-state index contributed by atoms with van der Waals surface area (Å²) in [5.74, 6) is 0.888. The molecule has 0 aromatic carbocycles. The molecule has 0 spiro atoms. The molecular weight excluding hydrogens is 208 g/mol. The molecule has 2 aliphatic rings. The molecule has 0 aromatic heterocycles. The van der Waals surface area contributed by atoms with Gasteiger partial charge in [-0.25, -0.2) is 0 Å². The quantitative estimate of drug-likeness (QED) is 0.813. The highest BCUT2D eigenvalue weighted by atomic mass is 15.1. The molecule has 2 atom stereocenters. The number of nitrogens with zero attached hydrogens (tertiary/aromatic N) is 1. The maximum Gasteiger partial charge on any atom is 0.00722 e. The van der Waals surface area contributed by atoms with Crippen LogP contribution in [0.15, 0.2) is 0 Å². The maximum atomic E-state index is 3.84. The first kappa shape index (κ1) is 13.4. The minimum atomic E-state index is 0.569. The zero-order valence-electron chi connectivity index (χ0n) is 12.0. The van der Waals surface area contributed by atoms with E-state index in [1.54, 1.807) is 0 Å². The third-order valence-corrected chi connectivity index (χ3v) is 4.62. The Kier molecular flexibility index (Phi) is 4.48. The van der Waals surface area contributed by atoms with Gasteiger partial charge in [-0.05, 0) is 63.6 Å². The van der Waals surface area contributed by atoms with Gasteiger partial charge >= 0.3 is 0 Å². The number of piperidine rings is 1. The van der Waals surface area contributed by atoms with Gasteiger partial charge in [-0.1, -0.05) is 20.3 Å². The number of rotatable bonds is 3. The van der Waals surface area contributed by atoms with E-state index in [0.29, 0.717) is 5.41 Å². The Balaban J connectivity index is 1.70. The van der Waals surface area contributed by atoms with Gasteiger partial charge in [-0.15, -0.1) is 0 Å². The number of hydrogen-bond donors (Lipinski definition) is 1. The van der Waals surface area contributed by atoms with Gasteiger partial charge in [0, 0.05) is 12.6 Å². The van der Waals surface area contributed by atoms with E-state index in [9.17, 15) is 0 Å². The van der Waals surface area contributed by atoms with E-state index in [4.69, 9.17) is 0 Å². The van der Waals surface area contributed by atoms with E-state index in [2.05, 4.69) is 31.1 Å². The summed E-state index contributed by atoms with van der Waals surface area (Å²) < 4.78 is 0. The molecule has 0 radical (unpaired) electrons. The van der Waals surface area contributed by atoms with Gasteiger partial charge < -0.3 is 10.2 Å². The van der Waals surface area contributed by atoms with Crippen molar-refractivity contribution < 1.29 is 0 Å². The van der Waals surface area contributed by atoms with Crippen molar-refractivity contribution in [3.8, 4) is 0 Å².